The number of carbonyl (C=O) groups excluding carboxylic acids is 1. The zero-order chi connectivity index (χ0) is 10.8. The van der Waals surface area contributed by atoms with E-state index in [2.05, 4.69) is 0 Å². The second-order valence-electron chi connectivity index (χ2n) is 3.36. The Kier molecular flexibility index (Phi) is 3.22. The van der Waals surface area contributed by atoms with Crippen LogP contribution in [0.1, 0.15) is 22.3 Å². The molecule has 1 aromatic carbocycles. The van der Waals surface area contributed by atoms with Crippen LogP contribution in [0.2, 0.25) is 5.02 Å². The highest BCUT2D eigenvalue weighted by Crippen LogP contribution is 2.40. The van der Waals surface area contributed by atoms with Crippen molar-refractivity contribution in [2.45, 2.75) is 17.7 Å². The van der Waals surface area contributed by atoms with Gasteiger partial charge in [-0.25, -0.2) is 0 Å². The van der Waals surface area contributed by atoms with Crippen LogP contribution in [0.15, 0.2) is 11.0 Å². The molecule has 0 radical (unpaired) electrons. The van der Waals surface area contributed by atoms with E-state index in [4.69, 9.17) is 16.3 Å². The molecule has 80 valence electrons. The number of benzene rings is 1. The molecule has 1 aliphatic rings. The molecule has 1 aliphatic heterocycles. The lowest BCUT2D eigenvalue weighted by Crippen LogP contribution is -2.04. The first-order chi connectivity index (χ1) is 7.27. The van der Waals surface area contributed by atoms with Crippen molar-refractivity contribution in [3.05, 3.63) is 22.2 Å². The standard InChI is InChI=1S/C11H11ClO2S/c1-14-10-8(6-13)11-7(5-9(10)12)3-2-4-15-11/h5-6H,2-4H2,1H3. The number of fused-ring (bicyclic) bond motifs is 1. The molecule has 1 aromatic rings. The normalized spacial score (nSPS) is 14.5. The summed E-state index contributed by atoms with van der Waals surface area (Å²) in [6.45, 7) is 0. The molecule has 15 heavy (non-hydrogen) atoms. The first-order valence-corrected chi connectivity index (χ1v) is 6.11. The molecule has 0 saturated carbocycles. The van der Waals surface area contributed by atoms with Gasteiger partial charge in [-0.1, -0.05) is 11.6 Å². The predicted molar refractivity (Wildman–Crippen MR) is 62.4 cm³/mol. The number of carbonyl (C=O) groups is 1. The van der Waals surface area contributed by atoms with Crippen LogP contribution >= 0.6 is 23.4 Å². The quantitative estimate of drug-likeness (QED) is 0.745. The van der Waals surface area contributed by atoms with Crippen LogP contribution in [0.3, 0.4) is 0 Å². The van der Waals surface area contributed by atoms with Gasteiger partial charge in [0.25, 0.3) is 0 Å². The molecule has 0 aliphatic carbocycles. The van der Waals surface area contributed by atoms with Crippen molar-refractivity contribution in [1.29, 1.82) is 0 Å². The van der Waals surface area contributed by atoms with Gasteiger partial charge in [-0.15, -0.1) is 11.8 Å². The third-order valence-electron chi connectivity index (χ3n) is 2.46. The summed E-state index contributed by atoms with van der Waals surface area (Å²) < 4.78 is 5.16. The van der Waals surface area contributed by atoms with Gasteiger partial charge >= 0.3 is 0 Å². The monoisotopic (exact) mass is 242 g/mol. The molecular formula is C11H11ClO2S. The average Bonchev–Trinajstić information content (AvgIpc) is 2.27. The molecule has 2 nitrogen and oxygen atoms in total. The molecular weight excluding hydrogens is 232 g/mol. The smallest absolute Gasteiger partial charge is 0.154 e. The van der Waals surface area contributed by atoms with Gasteiger partial charge in [-0.05, 0) is 30.2 Å². The summed E-state index contributed by atoms with van der Waals surface area (Å²) in [6, 6.07) is 1.91. The maximum absolute atomic E-state index is 11.1. The van der Waals surface area contributed by atoms with Crippen LogP contribution in [0.25, 0.3) is 0 Å². The Morgan fingerprint density at radius 2 is 2.40 bits per heavy atom. The lowest BCUT2D eigenvalue weighted by atomic mass is 10.1. The van der Waals surface area contributed by atoms with E-state index in [1.165, 1.54) is 12.7 Å². The van der Waals surface area contributed by atoms with Crippen LogP contribution < -0.4 is 4.74 Å². The van der Waals surface area contributed by atoms with Gasteiger partial charge < -0.3 is 4.74 Å². The maximum atomic E-state index is 11.1. The summed E-state index contributed by atoms with van der Waals surface area (Å²) in [5.74, 6) is 1.55. The number of aldehydes is 1. The summed E-state index contributed by atoms with van der Waals surface area (Å²) >= 11 is 7.76. The highest BCUT2D eigenvalue weighted by atomic mass is 35.5. The largest absolute Gasteiger partial charge is 0.494 e. The van der Waals surface area contributed by atoms with Crippen LogP contribution in [0, 0.1) is 0 Å². The number of aryl methyl sites for hydroxylation is 1. The zero-order valence-electron chi connectivity index (χ0n) is 8.38. The summed E-state index contributed by atoms with van der Waals surface area (Å²) in [7, 11) is 1.54. The Labute approximate surface area is 98.0 Å². The number of hydrogen-bond donors (Lipinski definition) is 0. The van der Waals surface area contributed by atoms with E-state index in [9.17, 15) is 4.79 Å². The van der Waals surface area contributed by atoms with Gasteiger partial charge in [0.05, 0.1) is 17.7 Å². The van der Waals surface area contributed by atoms with Gasteiger partial charge in [0.15, 0.2) is 6.29 Å². The molecule has 0 N–H and O–H groups in total. The minimum Gasteiger partial charge on any atom is -0.494 e. The van der Waals surface area contributed by atoms with Crippen LogP contribution in [-0.4, -0.2) is 19.1 Å². The number of thioether (sulfide) groups is 1. The first-order valence-electron chi connectivity index (χ1n) is 4.75. The molecule has 1 heterocycles. The van der Waals surface area contributed by atoms with Crippen molar-refractivity contribution in [1.82, 2.24) is 0 Å². The molecule has 4 heteroatoms. The van der Waals surface area contributed by atoms with E-state index in [0.717, 1.165) is 29.8 Å². The molecule has 0 fully saturated rings. The summed E-state index contributed by atoms with van der Waals surface area (Å²) in [5, 5.41) is 0.529. The minimum absolute atomic E-state index is 0.500. The maximum Gasteiger partial charge on any atom is 0.154 e. The van der Waals surface area contributed by atoms with Crippen molar-refractivity contribution >= 4 is 29.6 Å². The van der Waals surface area contributed by atoms with Crippen LogP contribution in [-0.2, 0) is 6.42 Å². The van der Waals surface area contributed by atoms with Crippen molar-refractivity contribution in [2.75, 3.05) is 12.9 Å². The molecule has 0 spiro atoms. The van der Waals surface area contributed by atoms with Gasteiger partial charge in [-0.3, -0.25) is 4.79 Å². The fourth-order valence-corrected chi connectivity index (χ4v) is 3.24. The van der Waals surface area contributed by atoms with E-state index in [-0.39, 0.29) is 0 Å². The molecule has 2 rings (SSSR count). The van der Waals surface area contributed by atoms with Crippen LogP contribution in [0.4, 0.5) is 0 Å². The molecule has 0 bridgehead atoms. The molecule has 0 aromatic heterocycles. The molecule has 0 unspecified atom stereocenters. The second kappa shape index (κ2) is 4.45. The number of halogens is 1. The van der Waals surface area contributed by atoms with E-state index in [0.29, 0.717) is 16.3 Å². The number of methoxy groups -OCH3 is 1. The molecule has 0 amide bonds. The highest BCUT2D eigenvalue weighted by molar-refractivity contribution is 7.99. The zero-order valence-corrected chi connectivity index (χ0v) is 9.95. The third-order valence-corrected chi connectivity index (χ3v) is 4.00. The fraction of sp³-hybridized carbons (Fsp3) is 0.364. The Morgan fingerprint density at radius 1 is 1.60 bits per heavy atom. The highest BCUT2D eigenvalue weighted by Gasteiger charge is 2.20. The van der Waals surface area contributed by atoms with Crippen molar-refractivity contribution in [3.63, 3.8) is 0 Å². The first kappa shape index (κ1) is 10.8. The summed E-state index contributed by atoms with van der Waals surface area (Å²) in [5.41, 5.74) is 1.77. The Balaban J connectivity index is 2.64. The summed E-state index contributed by atoms with van der Waals surface area (Å²) in [4.78, 5) is 12.1. The topological polar surface area (TPSA) is 26.3 Å². The molecule has 0 saturated heterocycles. The SMILES string of the molecule is COc1c(Cl)cc2c(c1C=O)SCCC2. The van der Waals surface area contributed by atoms with Gasteiger partial charge in [0, 0.05) is 4.90 Å². The van der Waals surface area contributed by atoms with Crippen LogP contribution in [0.5, 0.6) is 5.75 Å². The second-order valence-corrected chi connectivity index (χ2v) is 4.88. The van der Waals surface area contributed by atoms with E-state index < -0.39 is 0 Å². The molecule has 0 atom stereocenters. The van der Waals surface area contributed by atoms with E-state index in [1.54, 1.807) is 11.8 Å². The Hall–Kier alpha value is -0.670. The Morgan fingerprint density at radius 3 is 3.07 bits per heavy atom. The predicted octanol–water partition coefficient (Wildman–Crippen LogP) is 3.20. The van der Waals surface area contributed by atoms with Crippen molar-refractivity contribution < 1.29 is 9.53 Å². The fourth-order valence-electron chi connectivity index (χ4n) is 1.80. The summed E-state index contributed by atoms with van der Waals surface area (Å²) in [6.07, 6.45) is 2.97. The number of ether oxygens (including phenoxy) is 1. The number of rotatable bonds is 2. The van der Waals surface area contributed by atoms with E-state index >= 15 is 0 Å². The lowest BCUT2D eigenvalue weighted by molar-refractivity contribution is 0.111. The minimum atomic E-state index is 0.500. The average molecular weight is 243 g/mol. The van der Waals surface area contributed by atoms with Crippen molar-refractivity contribution in [2.24, 2.45) is 0 Å². The van der Waals surface area contributed by atoms with Gasteiger partial charge in [0.2, 0.25) is 0 Å². The van der Waals surface area contributed by atoms with Gasteiger partial charge in [0.1, 0.15) is 5.75 Å². The number of hydrogen-bond acceptors (Lipinski definition) is 3. The third kappa shape index (κ3) is 1.86. The lowest BCUT2D eigenvalue weighted by Gasteiger charge is -2.19. The van der Waals surface area contributed by atoms with E-state index in [1.807, 2.05) is 6.07 Å². The Bertz CT molecular complexity index is 404. The van der Waals surface area contributed by atoms with Crippen molar-refractivity contribution in [3.8, 4) is 5.75 Å². The van der Waals surface area contributed by atoms with Gasteiger partial charge in [-0.2, -0.15) is 0 Å².